The second-order valence-electron chi connectivity index (χ2n) is 7.38. The normalized spacial score (nSPS) is 11.6. The minimum Gasteiger partial charge on any atom is -0.495 e. The Balaban J connectivity index is 1.56. The highest BCUT2D eigenvalue weighted by Gasteiger charge is 2.14. The number of amides is 2. The van der Waals surface area contributed by atoms with Gasteiger partial charge < -0.3 is 20.1 Å². The summed E-state index contributed by atoms with van der Waals surface area (Å²) in [6, 6.07) is 25.1. The van der Waals surface area contributed by atoms with Crippen LogP contribution in [0.25, 0.3) is 6.08 Å². The number of ether oxygens (including phenoxy) is 2. The molecule has 0 radical (unpaired) electrons. The van der Waals surface area contributed by atoms with Gasteiger partial charge in [0.15, 0.2) is 6.61 Å². The van der Waals surface area contributed by atoms with E-state index in [2.05, 4.69) is 10.6 Å². The van der Waals surface area contributed by atoms with Crippen molar-refractivity contribution in [1.82, 2.24) is 5.32 Å². The standard InChI is InChI=1S/C27H25N3O4/c1-19(21-8-4-3-5-9-21)29-27(32)22(17-28)16-20-12-14-23(15-13-20)34-18-26(31)30-24-10-6-7-11-25(24)33-2/h3-16,19H,18H2,1-2H3,(H,29,32)(H,30,31)/b22-16+/t19-/m0/s1. The van der Waals surface area contributed by atoms with Crippen LogP contribution >= 0.6 is 0 Å². The number of rotatable bonds is 9. The number of nitrogens with zero attached hydrogens (tertiary/aromatic N) is 1. The first-order chi connectivity index (χ1) is 16.5. The van der Waals surface area contributed by atoms with Crippen molar-refractivity contribution in [2.45, 2.75) is 13.0 Å². The van der Waals surface area contributed by atoms with E-state index in [4.69, 9.17) is 9.47 Å². The third-order valence-electron chi connectivity index (χ3n) is 4.95. The number of hydrogen-bond donors (Lipinski definition) is 2. The van der Waals surface area contributed by atoms with Gasteiger partial charge in [-0.15, -0.1) is 0 Å². The van der Waals surface area contributed by atoms with Gasteiger partial charge in [-0.1, -0.05) is 54.6 Å². The summed E-state index contributed by atoms with van der Waals surface area (Å²) < 4.78 is 10.7. The molecule has 1 atom stereocenters. The Kier molecular flexibility index (Phi) is 8.42. The molecule has 0 saturated heterocycles. The molecule has 0 fully saturated rings. The zero-order chi connectivity index (χ0) is 24.3. The van der Waals surface area contributed by atoms with Gasteiger partial charge in [0.1, 0.15) is 23.1 Å². The molecule has 0 aliphatic rings. The van der Waals surface area contributed by atoms with Crippen LogP contribution < -0.4 is 20.1 Å². The topological polar surface area (TPSA) is 100 Å². The Morgan fingerprint density at radius 2 is 1.68 bits per heavy atom. The fourth-order valence-electron chi connectivity index (χ4n) is 3.16. The van der Waals surface area contributed by atoms with Gasteiger partial charge >= 0.3 is 0 Å². The fourth-order valence-corrected chi connectivity index (χ4v) is 3.16. The molecular weight excluding hydrogens is 430 g/mol. The van der Waals surface area contributed by atoms with Crippen LogP contribution in [0, 0.1) is 11.3 Å². The smallest absolute Gasteiger partial charge is 0.262 e. The van der Waals surface area contributed by atoms with Crippen molar-refractivity contribution < 1.29 is 19.1 Å². The molecular formula is C27H25N3O4. The highest BCUT2D eigenvalue weighted by molar-refractivity contribution is 6.01. The molecule has 0 spiro atoms. The number of para-hydroxylation sites is 2. The van der Waals surface area contributed by atoms with E-state index in [0.717, 1.165) is 5.56 Å². The summed E-state index contributed by atoms with van der Waals surface area (Å²) in [5.74, 6) is 0.257. The van der Waals surface area contributed by atoms with Gasteiger partial charge in [0.05, 0.1) is 18.8 Å². The van der Waals surface area contributed by atoms with Gasteiger partial charge in [-0.3, -0.25) is 9.59 Å². The quantitative estimate of drug-likeness (QED) is 0.366. The van der Waals surface area contributed by atoms with Crippen molar-refractivity contribution in [3.8, 4) is 17.6 Å². The van der Waals surface area contributed by atoms with Gasteiger partial charge in [-0.2, -0.15) is 5.26 Å². The molecule has 0 bridgehead atoms. The summed E-state index contributed by atoms with van der Waals surface area (Å²) >= 11 is 0. The number of carbonyl (C=O) groups is 2. The number of anilines is 1. The highest BCUT2D eigenvalue weighted by Crippen LogP contribution is 2.23. The van der Waals surface area contributed by atoms with Crippen LogP contribution in [0.15, 0.2) is 84.4 Å². The Labute approximate surface area is 198 Å². The van der Waals surface area contributed by atoms with E-state index in [1.165, 1.54) is 13.2 Å². The van der Waals surface area contributed by atoms with E-state index in [-0.39, 0.29) is 24.1 Å². The molecule has 0 saturated carbocycles. The lowest BCUT2D eigenvalue weighted by molar-refractivity contribution is -0.118. The summed E-state index contributed by atoms with van der Waals surface area (Å²) in [4.78, 5) is 24.7. The largest absolute Gasteiger partial charge is 0.495 e. The maximum absolute atomic E-state index is 12.5. The molecule has 3 rings (SSSR count). The molecule has 3 aromatic carbocycles. The molecule has 0 aliphatic heterocycles. The molecule has 34 heavy (non-hydrogen) atoms. The number of carbonyl (C=O) groups excluding carboxylic acids is 2. The minimum absolute atomic E-state index is 0.00682. The summed E-state index contributed by atoms with van der Waals surface area (Å²) in [7, 11) is 1.53. The first-order valence-electron chi connectivity index (χ1n) is 10.6. The molecule has 7 heteroatoms. The van der Waals surface area contributed by atoms with Crippen molar-refractivity contribution in [3.05, 3.63) is 95.6 Å². The Hall–Kier alpha value is -4.57. The molecule has 3 aromatic rings. The van der Waals surface area contributed by atoms with Gasteiger partial charge in [-0.25, -0.2) is 0 Å². The van der Waals surface area contributed by atoms with E-state index in [0.29, 0.717) is 22.7 Å². The lowest BCUT2D eigenvalue weighted by Crippen LogP contribution is -2.27. The Morgan fingerprint density at radius 1 is 1.00 bits per heavy atom. The van der Waals surface area contributed by atoms with Gasteiger partial charge in [0.25, 0.3) is 11.8 Å². The SMILES string of the molecule is COc1ccccc1NC(=O)COc1ccc(/C=C(\C#N)C(=O)N[C@@H](C)c2ccccc2)cc1. The second-order valence-corrected chi connectivity index (χ2v) is 7.38. The maximum Gasteiger partial charge on any atom is 0.262 e. The van der Waals surface area contributed by atoms with Crippen LogP contribution in [0.3, 0.4) is 0 Å². The van der Waals surface area contributed by atoms with Gasteiger partial charge in [-0.05, 0) is 48.4 Å². The van der Waals surface area contributed by atoms with E-state index >= 15 is 0 Å². The van der Waals surface area contributed by atoms with Crippen molar-refractivity contribution in [3.63, 3.8) is 0 Å². The number of nitriles is 1. The Bertz CT molecular complexity index is 1200. The van der Waals surface area contributed by atoms with E-state index < -0.39 is 5.91 Å². The van der Waals surface area contributed by atoms with Gasteiger partial charge in [0.2, 0.25) is 0 Å². The van der Waals surface area contributed by atoms with Crippen LogP contribution in [0.4, 0.5) is 5.69 Å². The molecule has 0 unspecified atom stereocenters. The maximum atomic E-state index is 12.5. The number of nitrogens with one attached hydrogen (secondary N) is 2. The third-order valence-corrected chi connectivity index (χ3v) is 4.95. The average Bonchev–Trinajstić information content (AvgIpc) is 2.87. The molecule has 0 heterocycles. The lowest BCUT2D eigenvalue weighted by atomic mass is 10.1. The minimum atomic E-state index is -0.452. The molecule has 172 valence electrons. The summed E-state index contributed by atoms with van der Waals surface area (Å²) in [5, 5.41) is 15.0. The number of methoxy groups -OCH3 is 1. The molecule has 0 aromatic heterocycles. The summed E-state index contributed by atoms with van der Waals surface area (Å²) in [5.41, 5.74) is 2.16. The van der Waals surface area contributed by atoms with Crippen LogP contribution in [0.2, 0.25) is 0 Å². The average molecular weight is 456 g/mol. The zero-order valence-corrected chi connectivity index (χ0v) is 18.9. The van der Waals surface area contributed by atoms with Crippen molar-refractivity contribution in [2.75, 3.05) is 19.0 Å². The zero-order valence-electron chi connectivity index (χ0n) is 18.9. The van der Waals surface area contributed by atoms with Crippen LogP contribution in [-0.2, 0) is 9.59 Å². The summed E-state index contributed by atoms with van der Waals surface area (Å²) in [6.45, 7) is 1.68. The van der Waals surface area contributed by atoms with Crippen LogP contribution in [0.5, 0.6) is 11.5 Å². The van der Waals surface area contributed by atoms with Crippen molar-refractivity contribution >= 4 is 23.6 Å². The van der Waals surface area contributed by atoms with E-state index in [9.17, 15) is 14.9 Å². The Morgan fingerprint density at radius 3 is 2.35 bits per heavy atom. The third kappa shape index (κ3) is 6.71. The van der Waals surface area contributed by atoms with Crippen molar-refractivity contribution in [2.24, 2.45) is 0 Å². The first-order valence-corrected chi connectivity index (χ1v) is 10.6. The van der Waals surface area contributed by atoms with Crippen LogP contribution in [-0.4, -0.2) is 25.5 Å². The molecule has 7 nitrogen and oxygen atoms in total. The summed E-state index contributed by atoms with van der Waals surface area (Å²) in [6.07, 6.45) is 1.51. The lowest BCUT2D eigenvalue weighted by Gasteiger charge is -2.13. The predicted molar refractivity (Wildman–Crippen MR) is 130 cm³/mol. The molecule has 2 amide bonds. The molecule has 2 N–H and O–H groups in total. The predicted octanol–water partition coefficient (Wildman–Crippen LogP) is 4.50. The number of benzene rings is 3. The second kappa shape index (κ2) is 11.9. The monoisotopic (exact) mass is 455 g/mol. The highest BCUT2D eigenvalue weighted by atomic mass is 16.5. The van der Waals surface area contributed by atoms with E-state index in [1.807, 2.05) is 49.4 Å². The van der Waals surface area contributed by atoms with Gasteiger partial charge in [0, 0.05) is 0 Å². The fraction of sp³-hybridized carbons (Fsp3) is 0.148. The number of hydrogen-bond acceptors (Lipinski definition) is 5. The van der Waals surface area contributed by atoms with Crippen LogP contribution in [0.1, 0.15) is 24.1 Å². The van der Waals surface area contributed by atoms with E-state index in [1.54, 1.807) is 42.5 Å². The molecule has 0 aliphatic carbocycles. The first kappa shape index (κ1) is 24.1. The van der Waals surface area contributed by atoms with Crippen molar-refractivity contribution in [1.29, 1.82) is 5.26 Å².